The molecule has 1 amide bonds. The summed E-state index contributed by atoms with van der Waals surface area (Å²) in [5.41, 5.74) is 0. The second kappa shape index (κ2) is 4.08. The zero-order chi connectivity index (χ0) is 9.97. The molecule has 0 saturated carbocycles. The molecule has 0 radical (unpaired) electrons. The molecule has 3 nitrogen and oxygen atoms in total. The molecular weight excluding hydrogens is 218 g/mol. The molecule has 0 fully saturated rings. The third kappa shape index (κ3) is 1.79. The zero-order valence-corrected chi connectivity index (χ0v) is 8.95. The van der Waals surface area contributed by atoms with Crippen molar-refractivity contribution in [2.75, 3.05) is 13.2 Å². The molecule has 0 unspecified atom stereocenters. The number of amides is 1. The van der Waals surface area contributed by atoms with Gasteiger partial charge in [-0.15, -0.1) is 22.7 Å². The normalized spacial score (nSPS) is 10.6. The maximum Gasteiger partial charge on any atom is 0.261 e. The van der Waals surface area contributed by atoms with Gasteiger partial charge in [0, 0.05) is 15.9 Å². The van der Waals surface area contributed by atoms with E-state index in [1.165, 1.54) is 11.3 Å². The molecule has 0 aliphatic carbocycles. The lowest BCUT2D eigenvalue weighted by Gasteiger charge is -1.98. The standard InChI is InChI=1S/C9H9NO2S2/c11-3-2-10-9(12)8-5-7-6(14-8)1-4-13-7/h1,4-5,11H,2-3H2,(H,10,12). The first-order chi connectivity index (χ1) is 6.81. The molecule has 2 heterocycles. The molecule has 0 aliphatic heterocycles. The molecule has 74 valence electrons. The summed E-state index contributed by atoms with van der Waals surface area (Å²) in [5, 5.41) is 13.2. The number of thiophene rings is 2. The van der Waals surface area contributed by atoms with Crippen LogP contribution in [0.2, 0.25) is 0 Å². The van der Waals surface area contributed by atoms with Crippen LogP contribution in [0.1, 0.15) is 9.67 Å². The highest BCUT2D eigenvalue weighted by atomic mass is 32.1. The van der Waals surface area contributed by atoms with Gasteiger partial charge in [-0.05, 0) is 17.5 Å². The highest BCUT2D eigenvalue weighted by Gasteiger charge is 2.09. The Hall–Kier alpha value is -0.910. The van der Waals surface area contributed by atoms with Crippen molar-refractivity contribution < 1.29 is 9.90 Å². The Bertz CT molecular complexity index is 418. The van der Waals surface area contributed by atoms with Gasteiger partial charge >= 0.3 is 0 Å². The van der Waals surface area contributed by atoms with E-state index >= 15 is 0 Å². The predicted octanol–water partition coefficient (Wildman–Crippen LogP) is 1.68. The van der Waals surface area contributed by atoms with E-state index in [1.807, 2.05) is 17.5 Å². The smallest absolute Gasteiger partial charge is 0.261 e. The molecule has 0 saturated heterocycles. The lowest BCUT2D eigenvalue weighted by Crippen LogP contribution is -2.25. The van der Waals surface area contributed by atoms with Crippen LogP contribution in [0.25, 0.3) is 9.40 Å². The second-order valence-corrected chi connectivity index (χ2v) is 4.77. The summed E-state index contributed by atoms with van der Waals surface area (Å²) in [7, 11) is 0. The Morgan fingerprint density at radius 2 is 2.36 bits per heavy atom. The van der Waals surface area contributed by atoms with Gasteiger partial charge in [0.15, 0.2) is 0 Å². The van der Waals surface area contributed by atoms with Gasteiger partial charge in [0.1, 0.15) is 0 Å². The van der Waals surface area contributed by atoms with Gasteiger partial charge in [0.05, 0.1) is 11.5 Å². The van der Waals surface area contributed by atoms with Crippen LogP contribution in [0.3, 0.4) is 0 Å². The van der Waals surface area contributed by atoms with Gasteiger partial charge in [-0.3, -0.25) is 4.79 Å². The molecule has 5 heteroatoms. The minimum atomic E-state index is -0.104. The Kier molecular flexibility index (Phi) is 2.81. The average Bonchev–Trinajstić information content (AvgIpc) is 2.72. The van der Waals surface area contributed by atoms with E-state index in [2.05, 4.69) is 5.32 Å². The SMILES string of the molecule is O=C(NCCO)c1cc2sccc2s1. The summed E-state index contributed by atoms with van der Waals surface area (Å²) < 4.78 is 2.29. The molecule has 2 N–H and O–H groups in total. The van der Waals surface area contributed by atoms with Crippen molar-refractivity contribution >= 4 is 38.0 Å². The zero-order valence-electron chi connectivity index (χ0n) is 7.32. The number of carbonyl (C=O) groups excluding carboxylic acids is 1. The van der Waals surface area contributed by atoms with Gasteiger partial charge in [0.2, 0.25) is 0 Å². The van der Waals surface area contributed by atoms with Crippen LogP contribution >= 0.6 is 22.7 Å². The van der Waals surface area contributed by atoms with Crippen LogP contribution in [0, 0.1) is 0 Å². The van der Waals surface area contributed by atoms with Crippen molar-refractivity contribution in [2.45, 2.75) is 0 Å². The monoisotopic (exact) mass is 227 g/mol. The van der Waals surface area contributed by atoms with Gasteiger partial charge < -0.3 is 10.4 Å². The van der Waals surface area contributed by atoms with Gasteiger partial charge in [-0.2, -0.15) is 0 Å². The highest BCUT2D eigenvalue weighted by molar-refractivity contribution is 7.27. The van der Waals surface area contributed by atoms with E-state index in [0.29, 0.717) is 11.4 Å². The molecule has 0 aliphatic rings. The van der Waals surface area contributed by atoms with E-state index in [1.54, 1.807) is 11.3 Å². The number of hydrogen-bond acceptors (Lipinski definition) is 4. The fraction of sp³-hybridized carbons (Fsp3) is 0.222. The van der Waals surface area contributed by atoms with Gasteiger partial charge in [-0.25, -0.2) is 0 Å². The number of nitrogens with one attached hydrogen (secondary N) is 1. The lowest BCUT2D eigenvalue weighted by atomic mass is 10.4. The Morgan fingerprint density at radius 1 is 1.50 bits per heavy atom. The van der Waals surface area contributed by atoms with E-state index < -0.39 is 0 Å². The van der Waals surface area contributed by atoms with Crippen LogP contribution in [0.4, 0.5) is 0 Å². The van der Waals surface area contributed by atoms with Crippen molar-refractivity contribution in [2.24, 2.45) is 0 Å². The number of rotatable bonds is 3. The first kappa shape index (κ1) is 9.64. The predicted molar refractivity (Wildman–Crippen MR) is 59.1 cm³/mol. The number of aliphatic hydroxyl groups is 1. The summed E-state index contributed by atoms with van der Waals surface area (Å²) in [6.07, 6.45) is 0. The fourth-order valence-electron chi connectivity index (χ4n) is 1.13. The summed E-state index contributed by atoms with van der Waals surface area (Å²) in [6, 6.07) is 3.89. The summed E-state index contributed by atoms with van der Waals surface area (Å²) in [4.78, 5) is 12.2. The van der Waals surface area contributed by atoms with E-state index in [9.17, 15) is 4.79 Å². The van der Waals surface area contributed by atoms with Crippen molar-refractivity contribution in [1.82, 2.24) is 5.32 Å². The van der Waals surface area contributed by atoms with Crippen LogP contribution in [0.15, 0.2) is 17.5 Å². The summed E-state index contributed by atoms with van der Waals surface area (Å²) in [5.74, 6) is -0.104. The van der Waals surface area contributed by atoms with Crippen molar-refractivity contribution in [1.29, 1.82) is 0 Å². The minimum Gasteiger partial charge on any atom is -0.395 e. The third-order valence-corrected chi connectivity index (χ3v) is 3.85. The van der Waals surface area contributed by atoms with E-state index in [-0.39, 0.29) is 12.5 Å². The summed E-state index contributed by atoms with van der Waals surface area (Å²) >= 11 is 3.11. The summed E-state index contributed by atoms with van der Waals surface area (Å²) in [6.45, 7) is 0.288. The number of fused-ring (bicyclic) bond motifs is 1. The number of aliphatic hydroxyl groups excluding tert-OH is 1. The van der Waals surface area contributed by atoms with Crippen LogP contribution in [-0.4, -0.2) is 24.2 Å². The second-order valence-electron chi connectivity index (χ2n) is 2.74. The first-order valence-electron chi connectivity index (χ1n) is 4.17. The maximum atomic E-state index is 11.5. The molecule has 0 bridgehead atoms. The van der Waals surface area contributed by atoms with E-state index in [4.69, 9.17) is 5.11 Å². The molecule has 2 rings (SSSR count). The van der Waals surface area contributed by atoms with Gasteiger partial charge in [0.25, 0.3) is 5.91 Å². The first-order valence-corrected chi connectivity index (χ1v) is 5.87. The topological polar surface area (TPSA) is 49.3 Å². The van der Waals surface area contributed by atoms with Gasteiger partial charge in [-0.1, -0.05) is 0 Å². The average molecular weight is 227 g/mol. The van der Waals surface area contributed by atoms with Crippen LogP contribution in [-0.2, 0) is 0 Å². The quantitative estimate of drug-likeness (QED) is 0.838. The number of carbonyl (C=O) groups is 1. The highest BCUT2D eigenvalue weighted by Crippen LogP contribution is 2.29. The van der Waals surface area contributed by atoms with Crippen molar-refractivity contribution in [3.63, 3.8) is 0 Å². The molecule has 14 heavy (non-hydrogen) atoms. The largest absolute Gasteiger partial charge is 0.395 e. The Balaban J connectivity index is 2.18. The third-order valence-electron chi connectivity index (χ3n) is 1.76. The van der Waals surface area contributed by atoms with Crippen LogP contribution in [0.5, 0.6) is 0 Å². The Labute approximate surface area is 89.0 Å². The van der Waals surface area contributed by atoms with Crippen LogP contribution < -0.4 is 5.32 Å². The van der Waals surface area contributed by atoms with E-state index in [0.717, 1.165) is 9.40 Å². The lowest BCUT2D eigenvalue weighted by molar-refractivity contribution is 0.0949. The van der Waals surface area contributed by atoms with Crippen molar-refractivity contribution in [3.05, 3.63) is 22.4 Å². The molecule has 0 aromatic carbocycles. The maximum absolute atomic E-state index is 11.5. The molecule has 2 aromatic rings. The fourth-order valence-corrected chi connectivity index (χ4v) is 3.16. The molecular formula is C9H9NO2S2. The number of hydrogen-bond donors (Lipinski definition) is 2. The molecule has 2 aromatic heterocycles. The molecule has 0 atom stereocenters. The molecule has 0 spiro atoms. The van der Waals surface area contributed by atoms with Crippen molar-refractivity contribution in [3.8, 4) is 0 Å². The Morgan fingerprint density at radius 3 is 3.07 bits per heavy atom. The minimum absolute atomic E-state index is 0.0223.